The number of unbranched alkanes of at least 4 members (excludes halogenated alkanes) is 2. The number of ether oxygens (including phenoxy) is 1. The summed E-state index contributed by atoms with van der Waals surface area (Å²) in [6.45, 7) is 8.50. The van der Waals surface area contributed by atoms with Crippen LogP contribution in [0, 0.1) is 13.8 Å². The number of nitrogens with one attached hydrogen (secondary N) is 1. The maximum Gasteiger partial charge on any atom is 0.260 e. The molecule has 20 heavy (non-hydrogen) atoms. The summed E-state index contributed by atoms with van der Waals surface area (Å²) < 4.78 is 5.71. The van der Waals surface area contributed by atoms with E-state index < -0.39 is 6.10 Å². The fourth-order valence-corrected chi connectivity index (χ4v) is 1.95. The van der Waals surface area contributed by atoms with E-state index in [2.05, 4.69) is 12.2 Å². The molecule has 4 nitrogen and oxygen atoms in total. The Morgan fingerprint density at radius 1 is 1.30 bits per heavy atom. The van der Waals surface area contributed by atoms with Gasteiger partial charge in [-0.25, -0.2) is 0 Å². The number of aryl methyl sites for hydroxylation is 2. The third-order valence-corrected chi connectivity index (χ3v) is 3.32. The van der Waals surface area contributed by atoms with Crippen molar-refractivity contribution in [1.82, 2.24) is 5.32 Å². The number of anilines is 1. The van der Waals surface area contributed by atoms with Crippen LogP contribution in [0.15, 0.2) is 12.1 Å². The Bertz CT molecular complexity index is 458. The van der Waals surface area contributed by atoms with Gasteiger partial charge in [-0.05, 0) is 38.3 Å². The van der Waals surface area contributed by atoms with Crippen LogP contribution in [-0.2, 0) is 4.79 Å². The normalized spacial score (nSPS) is 12.0. The molecular weight excluding hydrogens is 252 g/mol. The summed E-state index contributed by atoms with van der Waals surface area (Å²) in [6, 6.07) is 3.75. The Morgan fingerprint density at radius 3 is 2.65 bits per heavy atom. The molecule has 0 fully saturated rings. The number of amides is 1. The first kappa shape index (κ1) is 16.3. The van der Waals surface area contributed by atoms with E-state index in [-0.39, 0.29) is 5.91 Å². The van der Waals surface area contributed by atoms with Crippen LogP contribution in [0.4, 0.5) is 5.69 Å². The minimum Gasteiger partial charge on any atom is -0.481 e. The molecule has 0 heterocycles. The summed E-state index contributed by atoms with van der Waals surface area (Å²) >= 11 is 0. The number of nitrogens with two attached hydrogens (primary N) is 1. The molecule has 1 aromatic carbocycles. The molecule has 0 bridgehead atoms. The smallest absolute Gasteiger partial charge is 0.260 e. The molecule has 1 aromatic rings. The Morgan fingerprint density at radius 2 is 2.00 bits per heavy atom. The zero-order valence-corrected chi connectivity index (χ0v) is 13.0. The summed E-state index contributed by atoms with van der Waals surface area (Å²) in [5, 5.41) is 2.89. The Labute approximate surface area is 121 Å². The second-order valence-electron chi connectivity index (χ2n) is 5.23. The molecule has 1 amide bonds. The van der Waals surface area contributed by atoms with Gasteiger partial charge in [-0.2, -0.15) is 0 Å². The molecule has 3 N–H and O–H groups in total. The molecule has 0 radical (unpaired) electrons. The van der Waals surface area contributed by atoms with Gasteiger partial charge in [-0.1, -0.05) is 25.8 Å². The molecule has 0 aliphatic carbocycles. The maximum absolute atomic E-state index is 11.9. The highest BCUT2D eigenvalue weighted by Gasteiger charge is 2.15. The van der Waals surface area contributed by atoms with Crippen molar-refractivity contribution in [3.63, 3.8) is 0 Å². The average Bonchev–Trinajstić information content (AvgIpc) is 2.40. The molecule has 112 valence electrons. The zero-order valence-electron chi connectivity index (χ0n) is 13.0. The van der Waals surface area contributed by atoms with E-state index in [9.17, 15) is 4.79 Å². The Kier molecular flexibility index (Phi) is 6.36. The predicted molar refractivity (Wildman–Crippen MR) is 83.0 cm³/mol. The van der Waals surface area contributed by atoms with E-state index in [4.69, 9.17) is 10.5 Å². The first-order valence-electron chi connectivity index (χ1n) is 7.26. The van der Waals surface area contributed by atoms with Gasteiger partial charge in [-0.15, -0.1) is 0 Å². The van der Waals surface area contributed by atoms with Gasteiger partial charge < -0.3 is 15.8 Å². The molecule has 1 rings (SSSR count). The van der Waals surface area contributed by atoms with Crippen LogP contribution < -0.4 is 15.8 Å². The number of hydrogen-bond donors (Lipinski definition) is 2. The van der Waals surface area contributed by atoms with Crippen molar-refractivity contribution in [2.24, 2.45) is 0 Å². The van der Waals surface area contributed by atoms with Gasteiger partial charge in [0.1, 0.15) is 5.75 Å². The zero-order chi connectivity index (χ0) is 15.1. The summed E-state index contributed by atoms with van der Waals surface area (Å²) in [7, 11) is 0. The van der Waals surface area contributed by atoms with Crippen molar-refractivity contribution in [3.8, 4) is 5.75 Å². The van der Waals surface area contributed by atoms with Gasteiger partial charge in [0.2, 0.25) is 0 Å². The highest BCUT2D eigenvalue weighted by atomic mass is 16.5. The molecule has 0 saturated heterocycles. The van der Waals surface area contributed by atoms with E-state index in [1.165, 1.54) is 0 Å². The molecule has 1 atom stereocenters. The maximum atomic E-state index is 11.9. The van der Waals surface area contributed by atoms with Crippen LogP contribution in [-0.4, -0.2) is 18.6 Å². The van der Waals surface area contributed by atoms with Crippen molar-refractivity contribution >= 4 is 11.6 Å². The number of hydrogen-bond acceptors (Lipinski definition) is 3. The van der Waals surface area contributed by atoms with Crippen LogP contribution >= 0.6 is 0 Å². The molecule has 4 heteroatoms. The third kappa shape index (κ3) is 4.76. The van der Waals surface area contributed by atoms with Crippen LogP contribution in [0.3, 0.4) is 0 Å². The van der Waals surface area contributed by atoms with Crippen molar-refractivity contribution in [3.05, 3.63) is 23.3 Å². The van der Waals surface area contributed by atoms with E-state index >= 15 is 0 Å². The van der Waals surface area contributed by atoms with E-state index in [0.29, 0.717) is 18.0 Å². The van der Waals surface area contributed by atoms with Gasteiger partial charge >= 0.3 is 0 Å². The third-order valence-electron chi connectivity index (χ3n) is 3.32. The monoisotopic (exact) mass is 278 g/mol. The van der Waals surface area contributed by atoms with Crippen molar-refractivity contribution < 1.29 is 9.53 Å². The Balaban J connectivity index is 2.55. The number of rotatable bonds is 7. The lowest BCUT2D eigenvalue weighted by Gasteiger charge is -2.17. The summed E-state index contributed by atoms with van der Waals surface area (Å²) in [5.74, 6) is 0.587. The number of carbonyl (C=O) groups is 1. The first-order valence-corrected chi connectivity index (χ1v) is 7.26. The molecule has 0 aromatic heterocycles. The van der Waals surface area contributed by atoms with Gasteiger partial charge in [0.25, 0.3) is 5.91 Å². The number of benzene rings is 1. The first-order chi connectivity index (χ1) is 9.45. The minimum absolute atomic E-state index is 0.0837. The van der Waals surface area contributed by atoms with Crippen molar-refractivity contribution in [2.75, 3.05) is 12.3 Å². The van der Waals surface area contributed by atoms with E-state index in [0.717, 1.165) is 30.4 Å². The van der Waals surface area contributed by atoms with Gasteiger partial charge in [0, 0.05) is 18.3 Å². The molecule has 0 spiro atoms. The second kappa shape index (κ2) is 7.78. The van der Waals surface area contributed by atoms with Crippen molar-refractivity contribution in [1.29, 1.82) is 0 Å². The highest BCUT2D eigenvalue weighted by Crippen LogP contribution is 2.25. The van der Waals surface area contributed by atoms with Gasteiger partial charge in [0.15, 0.2) is 6.10 Å². The molecule has 0 aliphatic rings. The molecule has 1 unspecified atom stereocenters. The fraction of sp³-hybridized carbons (Fsp3) is 0.562. The van der Waals surface area contributed by atoms with E-state index in [1.807, 2.05) is 19.9 Å². The van der Waals surface area contributed by atoms with Gasteiger partial charge in [-0.3, -0.25) is 4.79 Å². The van der Waals surface area contributed by atoms with Crippen LogP contribution in [0.5, 0.6) is 5.75 Å². The summed E-state index contributed by atoms with van der Waals surface area (Å²) in [6.07, 6.45) is 2.76. The largest absolute Gasteiger partial charge is 0.481 e. The van der Waals surface area contributed by atoms with Crippen LogP contribution in [0.25, 0.3) is 0 Å². The summed E-state index contributed by atoms with van der Waals surface area (Å²) in [5.41, 5.74) is 8.56. The molecular formula is C16H26N2O2. The lowest BCUT2D eigenvalue weighted by atomic mass is 10.1. The fourth-order valence-electron chi connectivity index (χ4n) is 1.95. The second-order valence-corrected chi connectivity index (χ2v) is 5.23. The average molecular weight is 278 g/mol. The Hall–Kier alpha value is -1.71. The van der Waals surface area contributed by atoms with Crippen LogP contribution in [0.1, 0.15) is 44.2 Å². The lowest BCUT2D eigenvalue weighted by Crippen LogP contribution is -2.36. The minimum atomic E-state index is -0.516. The molecule has 0 saturated carbocycles. The topological polar surface area (TPSA) is 64.3 Å². The van der Waals surface area contributed by atoms with Crippen molar-refractivity contribution in [2.45, 2.75) is 53.1 Å². The van der Waals surface area contributed by atoms with Crippen LogP contribution in [0.2, 0.25) is 0 Å². The standard InChI is InChI=1S/C16H26N2O2/c1-5-6-7-8-18-16(19)13(4)20-15-10-14(17)11(2)9-12(15)3/h9-10,13H,5-8,17H2,1-4H3,(H,18,19). The number of nitrogen functional groups attached to an aromatic ring is 1. The lowest BCUT2D eigenvalue weighted by molar-refractivity contribution is -0.127. The van der Waals surface area contributed by atoms with Gasteiger partial charge in [0.05, 0.1) is 0 Å². The summed E-state index contributed by atoms with van der Waals surface area (Å²) in [4.78, 5) is 11.9. The quantitative estimate of drug-likeness (QED) is 0.595. The number of carbonyl (C=O) groups excluding carboxylic acids is 1. The highest BCUT2D eigenvalue weighted by molar-refractivity contribution is 5.80. The van der Waals surface area contributed by atoms with E-state index in [1.54, 1.807) is 13.0 Å². The molecule has 0 aliphatic heterocycles. The SMILES string of the molecule is CCCCCNC(=O)C(C)Oc1cc(N)c(C)cc1C. The predicted octanol–water partition coefficient (Wildman–Crippen LogP) is 2.96.